The van der Waals surface area contributed by atoms with Gasteiger partial charge in [0, 0.05) is 19.2 Å². The third-order valence-corrected chi connectivity index (χ3v) is 3.54. The van der Waals surface area contributed by atoms with E-state index in [0.29, 0.717) is 30.4 Å². The number of fused-ring (bicyclic) bond motifs is 2. The zero-order valence-electron chi connectivity index (χ0n) is 11.9. The van der Waals surface area contributed by atoms with E-state index >= 15 is 0 Å². The Kier molecular flexibility index (Phi) is 3.32. The summed E-state index contributed by atoms with van der Waals surface area (Å²) in [5, 5.41) is 5.65. The Labute approximate surface area is 122 Å². The number of amides is 2. The number of anilines is 2. The summed E-state index contributed by atoms with van der Waals surface area (Å²) in [6, 6.07) is 3.15. The molecule has 0 radical (unpaired) electrons. The largest absolute Gasteiger partial charge is 0.486 e. The lowest BCUT2D eigenvalue weighted by molar-refractivity contribution is -0.123. The van der Waals surface area contributed by atoms with E-state index in [9.17, 15) is 9.59 Å². The van der Waals surface area contributed by atoms with Gasteiger partial charge in [-0.3, -0.25) is 14.5 Å². The van der Waals surface area contributed by atoms with Crippen LogP contribution >= 0.6 is 0 Å². The van der Waals surface area contributed by atoms with Gasteiger partial charge >= 0.3 is 0 Å². The van der Waals surface area contributed by atoms with Crippen LogP contribution in [0.1, 0.15) is 6.92 Å². The van der Waals surface area contributed by atoms with Gasteiger partial charge in [0.15, 0.2) is 11.5 Å². The van der Waals surface area contributed by atoms with Crippen molar-refractivity contribution in [2.45, 2.75) is 13.0 Å². The number of carbonyl (C=O) groups is 2. The average Bonchev–Trinajstić information content (AvgIpc) is 2.50. The van der Waals surface area contributed by atoms with Crippen molar-refractivity contribution in [3.8, 4) is 11.5 Å². The molecule has 112 valence electrons. The molecule has 3 rings (SSSR count). The van der Waals surface area contributed by atoms with Crippen molar-refractivity contribution in [2.24, 2.45) is 0 Å². The number of nitrogens with one attached hydrogen (secondary N) is 2. The second kappa shape index (κ2) is 5.16. The highest BCUT2D eigenvalue weighted by Crippen LogP contribution is 2.42. The quantitative estimate of drug-likeness (QED) is 0.822. The van der Waals surface area contributed by atoms with Crippen LogP contribution in [-0.4, -0.2) is 44.7 Å². The molecule has 1 unspecified atom stereocenters. The first-order valence-electron chi connectivity index (χ1n) is 6.82. The Morgan fingerprint density at radius 1 is 1.38 bits per heavy atom. The monoisotopic (exact) mass is 291 g/mol. The molecule has 0 aromatic heterocycles. The summed E-state index contributed by atoms with van der Waals surface area (Å²) in [4.78, 5) is 25.4. The van der Waals surface area contributed by atoms with Crippen molar-refractivity contribution in [3.63, 3.8) is 0 Å². The van der Waals surface area contributed by atoms with E-state index in [1.54, 1.807) is 20.0 Å². The van der Waals surface area contributed by atoms with Crippen LogP contribution in [0.2, 0.25) is 0 Å². The van der Waals surface area contributed by atoms with Gasteiger partial charge < -0.3 is 20.1 Å². The number of hydrogen-bond donors (Lipinski definition) is 2. The fraction of sp³-hybridized carbons (Fsp3) is 0.429. The fourth-order valence-corrected chi connectivity index (χ4v) is 2.45. The zero-order chi connectivity index (χ0) is 15.0. The highest BCUT2D eigenvalue weighted by molar-refractivity contribution is 6.08. The molecule has 2 aliphatic heterocycles. The lowest BCUT2D eigenvalue weighted by Crippen LogP contribution is -2.49. The number of likely N-dealkylation sites (N-methyl/N-ethyl adjacent to an activating group) is 1. The van der Waals surface area contributed by atoms with Gasteiger partial charge in [-0.2, -0.15) is 0 Å². The van der Waals surface area contributed by atoms with Gasteiger partial charge in [0.25, 0.3) is 0 Å². The SMILES string of the molecule is CNC(=O)CN1C(=O)C(C)Nc2cc3c(cc21)OCCO3. The minimum absolute atomic E-state index is 0.0198. The number of hydrogen-bond acceptors (Lipinski definition) is 5. The normalized spacial score (nSPS) is 19.6. The molecule has 2 heterocycles. The molecule has 2 amide bonds. The van der Waals surface area contributed by atoms with Crippen LogP contribution in [0.4, 0.5) is 11.4 Å². The van der Waals surface area contributed by atoms with Crippen LogP contribution < -0.4 is 25.0 Å². The molecule has 0 spiro atoms. The number of carbonyl (C=O) groups excluding carboxylic acids is 2. The predicted octanol–water partition coefficient (Wildman–Crippen LogP) is 0.351. The first kappa shape index (κ1) is 13.5. The predicted molar refractivity (Wildman–Crippen MR) is 76.9 cm³/mol. The van der Waals surface area contributed by atoms with Crippen LogP contribution in [0, 0.1) is 0 Å². The molecule has 2 N–H and O–H groups in total. The molecule has 7 nitrogen and oxygen atoms in total. The van der Waals surface area contributed by atoms with E-state index in [-0.39, 0.29) is 18.4 Å². The lowest BCUT2D eigenvalue weighted by Gasteiger charge is -2.34. The van der Waals surface area contributed by atoms with Gasteiger partial charge in [0.05, 0.1) is 11.4 Å². The summed E-state index contributed by atoms with van der Waals surface area (Å²) in [5.41, 5.74) is 1.39. The third-order valence-electron chi connectivity index (χ3n) is 3.54. The van der Waals surface area contributed by atoms with Crippen LogP contribution in [-0.2, 0) is 9.59 Å². The van der Waals surface area contributed by atoms with Crippen molar-refractivity contribution in [1.82, 2.24) is 5.32 Å². The molecule has 0 saturated heterocycles. The lowest BCUT2D eigenvalue weighted by atomic mass is 10.1. The number of nitrogens with zero attached hydrogens (tertiary/aromatic N) is 1. The molecule has 1 aromatic carbocycles. The molecule has 1 aromatic rings. The number of rotatable bonds is 2. The smallest absolute Gasteiger partial charge is 0.249 e. The summed E-state index contributed by atoms with van der Waals surface area (Å²) in [6.45, 7) is 2.72. The summed E-state index contributed by atoms with van der Waals surface area (Å²) >= 11 is 0. The molecular formula is C14H17N3O4. The van der Waals surface area contributed by atoms with Gasteiger partial charge in [0.2, 0.25) is 11.8 Å². The van der Waals surface area contributed by atoms with Crippen LogP contribution in [0.15, 0.2) is 12.1 Å². The van der Waals surface area contributed by atoms with Gasteiger partial charge in [0.1, 0.15) is 25.8 Å². The maximum Gasteiger partial charge on any atom is 0.249 e. The second-order valence-electron chi connectivity index (χ2n) is 4.98. The van der Waals surface area contributed by atoms with Crippen LogP contribution in [0.3, 0.4) is 0 Å². The van der Waals surface area contributed by atoms with Crippen LogP contribution in [0.5, 0.6) is 11.5 Å². The highest BCUT2D eigenvalue weighted by Gasteiger charge is 2.32. The van der Waals surface area contributed by atoms with Crippen LogP contribution in [0.25, 0.3) is 0 Å². The molecule has 0 bridgehead atoms. The zero-order valence-corrected chi connectivity index (χ0v) is 11.9. The average molecular weight is 291 g/mol. The summed E-state index contributed by atoms with van der Waals surface area (Å²) in [6.07, 6.45) is 0. The van der Waals surface area contributed by atoms with E-state index in [1.165, 1.54) is 4.90 Å². The topological polar surface area (TPSA) is 79.9 Å². The van der Waals surface area contributed by atoms with Crippen molar-refractivity contribution >= 4 is 23.2 Å². The third kappa shape index (κ3) is 2.35. The molecule has 7 heteroatoms. The minimum Gasteiger partial charge on any atom is -0.486 e. The van der Waals surface area contributed by atoms with Crippen molar-refractivity contribution in [3.05, 3.63) is 12.1 Å². The van der Waals surface area contributed by atoms with E-state index in [2.05, 4.69) is 10.6 Å². The van der Waals surface area contributed by atoms with Gasteiger partial charge in [-0.15, -0.1) is 0 Å². The summed E-state index contributed by atoms with van der Waals surface area (Å²) < 4.78 is 11.1. The van der Waals surface area contributed by atoms with E-state index in [1.807, 2.05) is 6.07 Å². The number of ether oxygens (including phenoxy) is 2. The van der Waals surface area contributed by atoms with Gasteiger partial charge in [-0.25, -0.2) is 0 Å². The first-order valence-corrected chi connectivity index (χ1v) is 6.82. The standard InChI is InChI=1S/C14H17N3O4/c1-8-14(19)17(7-13(18)15-2)10-6-12-11(5-9(10)16-8)20-3-4-21-12/h5-6,8,16H,3-4,7H2,1-2H3,(H,15,18). The Morgan fingerprint density at radius 2 is 2.05 bits per heavy atom. The fourth-order valence-electron chi connectivity index (χ4n) is 2.45. The Hall–Kier alpha value is -2.44. The Bertz CT molecular complexity index is 602. The van der Waals surface area contributed by atoms with Crippen molar-refractivity contribution in [1.29, 1.82) is 0 Å². The van der Waals surface area contributed by atoms with Crippen molar-refractivity contribution < 1.29 is 19.1 Å². The highest BCUT2D eigenvalue weighted by atomic mass is 16.6. The maximum absolute atomic E-state index is 12.3. The Balaban J connectivity index is 2.02. The molecule has 21 heavy (non-hydrogen) atoms. The molecular weight excluding hydrogens is 274 g/mol. The van der Waals surface area contributed by atoms with E-state index in [4.69, 9.17) is 9.47 Å². The van der Waals surface area contributed by atoms with Gasteiger partial charge in [-0.05, 0) is 6.92 Å². The van der Waals surface area contributed by atoms with Crippen molar-refractivity contribution in [2.75, 3.05) is 37.0 Å². The first-order chi connectivity index (χ1) is 10.1. The maximum atomic E-state index is 12.3. The van der Waals surface area contributed by atoms with E-state index in [0.717, 1.165) is 5.69 Å². The summed E-state index contributed by atoms with van der Waals surface area (Å²) in [7, 11) is 1.54. The van der Waals surface area contributed by atoms with Gasteiger partial charge in [-0.1, -0.05) is 0 Å². The minimum atomic E-state index is -0.398. The number of benzene rings is 1. The molecule has 0 fully saturated rings. The second-order valence-corrected chi connectivity index (χ2v) is 4.98. The Morgan fingerprint density at radius 3 is 2.71 bits per heavy atom. The van der Waals surface area contributed by atoms with E-state index < -0.39 is 6.04 Å². The molecule has 2 aliphatic rings. The summed E-state index contributed by atoms with van der Waals surface area (Å²) in [5.74, 6) is 0.862. The molecule has 1 atom stereocenters. The molecule has 0 saturated carbocycles. The molecule has 0 aliphatic carbocycles.